The molecule has 102 valence electrons. The highest BCUT2D eigenvalue weighted by Gasteiger charge is 2.14. The summed E-state index contributed by atoms with van der Waals surface area (Å²) in [6, 6.07) is 5.37. The molecule has 0 spiro atoms. The van der Waals surface area contributed by atoms with E-state index in [1.54, 1.807) is 23.5 Å². The average molecular weight is 343 g/mol. The van der Waals surface area contributed by atoms with Crippen molar-refractivity contribution >= 4 is 27.3 Å². The van der Waals surface area contributed by atoms with Gasteiger partial charge in [-0.15, -0.1) is 11.3 Å². The first kappa shape index (κ1) is 14.6. The lowest BCUT2D eigenvalue weighted by atomic mass is 10.0. The smallest absolute Gasteiger partial charge is 0.137 e. The molecule has 2 nitrogen and oxygen atoms in total. The fourth-order valence-electron chi connectivity index (χ4n) is 1.95. The Kier molecular flexibility index (Phi) is 5.07. The Balaban J connectivity index is 2.21. The summed E-state index contributed by atoms with van der Waals surface area (Å²) in [5, 5.41) is 6.51. The Labute approximate surface area is 125 Å². The SMILES string of the molecule is CCNC(Cc1nc(C)cs1)c1ccc(Br)c(F)c1. The van der Waals surface area contributed by atoms with Crippen molar-refractivity contribution in [3.63, 3.8) is 0 Å². The maximum atomic E-state index is 13.6. The van der Waals surface area contributed by atoms with Crippen molar-refractivity contribution in [2.24, 2.45) is 0 Å². The molecular formula is C14H16BrFN2S. The molecule has 0 aliphatic carbocycles. The molecular weight excluding hydrogens is 327 g/mol. The van der Waals surface area contributed by atoms with Gasteiger partial charge in [-0.05, 0) is 47.1 Å². The van der Waals surface area contributed by atoms with Gasteiger partial charge in [-0.1, -0.05) is 13.0 Å². The van der Waals surface area contributed by atoms with E-state index in [-0.39, 0.29) is 11.9 Å². The number of nitrogens with zero attached hydrogens (tertiary/aromatic N) is 1. The lowest BCUT2D eigenvalue weighted by Crippen LogP contribution is -2.23. The van der Waals surface area contributed by atoms with Crippen molar-refractivity contribution < 1.29 is 4.39 Å². The quantitative estimate of drug-likeness (QED) is 0.878. The van der Waals surface area contributed by atoms with Gasteiger partial charge >= 0.3 is 0 Å². The molecule has 19 heavy (non-hydrogen) atoms. The van der Waals surface area contributed by atoms with Gasteiger partial charge in [0, 0.05) is 23.5 Å². The summed E-state index contributed by atoms with van der Waals surface area (Å²) in [4.78, 5) is 4.47. The maximum absolute atomic E-state index is 13.6. The highest BCUT2D eigenvalue weighted by Crippen LogP contribution is 2.24. The second-order valence-electron chi connectivity index (χ2n) is 4.37. The van der Waals surface area contributed by atoms with Gasteiger partial charge in [-0.2, -0.15) is 0 Å². The summed E-state index contributed by atoms with van der Waals surface area (Å²) >= 11 is 4.83. The summed E-state index contributed by atoms with van der Waals surface area (Å²) in [6.45, 7) is 4.88. The third-order valence-corrected chi connectivity index (χ3v) is 4.47. The van der Waals surface area contributed by atoms with Crippen LogP contribution in [-0.4, -0.2) is 11.5 Å². The minimum Gasteiger partial charge on any atom is -0.310 e. The number of nitrogens with one attached hydrogen (secondary N) is 1. The Morgan fingerprint density at radius 3 is 2.84 bits per heavy atom. The van der Waals surface area contributed by atoms with Gasteiger partial charge in [0.25, 0.3) is 0 Å². The van der Waals surface area contributed by atoms with Crippen LogP contribution in [-0.2, 0) is 6.42 Å². The second kappa shape index (κ2) is 6.59. The van der Waals surface area contributed by atoms with Gasteiger partial charge < -0.3 is 5.32 Å². The number of benzene rings is 1. The molecule has 1 heterocycles. The van der Waals surface area contributed by atoms with Gasteiger partial charge in [-0.3, -0.25) is 0 Å². The van der Waals surface area contributed by atoms with E-state index < -0.39 is 0 Å². The van der Waals surface area contributed by atoms with Crippen LogP contribution < -0.4 is 5.32 Å². The zero-order valence-electron chi connectivity index (χ0n) is 10.9. The van der Waals surface area contributed by atoms with Crippen LogP contribution in [0, 0.1) is 12.7 Å². The molecule has 0 bridgehead atoms. The normalized spacial score (nSPS) is 12.6. The molecule has 2 aromatic rings. The number of likely N-dealkylation sites (N-methyl/N-ethyl adjacent to an activating group) is 1. The summed E-state index contributed by atoms with van der Waals surface area (Å²) in [7, 11) is 0. The molecule has 0 aliphatic rings. The first-order valence-corrected chi connectivity index (χ1v) is 7.86. The summed E-state index contributed by atoms with van der Waals surface area (Å²) in [5.41, 5.74) is 1.99. The van der Waals surface area contributed by atoms with Gasteiger partial charge in [-0.25, -0.2) is 9.37 Å². The van der Waals surface area contributed by atoms with Crippen LogP contribution in [0.4, 0.5) is 4.39 Å². The molecule has 1 atom stereocenters. The van der Waals surface area contributed by atoms with Gasteiger partial charge in [0.2, 0.25) is 0 Å². The molecule has 1 aromatic heterocycles. The molecule has 1 aromatic carbocycles. The molecule has 2 rings (SSSR count). The third-order valence-electron chi connectivity index (χ3n) is 2.84. The van der Waals surface area contributed by atoms with Crippen LogP contribution >= 0.6 is 27.3 Å². The highest BCUT2D eigenvalue weighted by molar-refractivity contribution is 9.10. The Morgan fingerprint density at radius 1 is 1.47 bits per heavy atom. The van der Waals surface area contributed by atoms with Crippen LogP contribution in [0.2, 0.25) is 0 Å². The molecule has 1 N–H and O–H groups in total. The Bertz CT molecular complexity index is 556. The monoisotopic (exact) mass is 342 g/mol. The zero-order valence-corrected chi connectivity index (χ0v) is 13.3. The second-order valence-corrected chi connectivity index (χ2v) is 6.17. The van der Waals surface area contributed by atoms with Gasteiger partial charge in [0.15, 0.2) is 0 Å². The zero-order chi connectivity index (χ0) is 13.8. The Hall–Kier alpha value is -0.780. The van der Waals surface area contributed by atoms with Gasteiger partial charge in [0.1, 0.15) is 5.82 Å². The predicted molar refractivity (Wildman–Crippen MR) is 81.1 cm³/mol. The number of rotatable bonds is 5. The number of thiazole rings is 1. The first-order chi connectivity index (χ1) is 9.10. The molecule has 0 amide bonds. The molecule has 0 radical (unpaired) electrons. The maximum Gasteiger partial charge on any atom is 0.137 e. The predicted octanol–water partition coefficient (Wildman–Crippen LogP) is 4.25. The molecule has 0 aliphatic heterocycles. The van der Waals surface area contributed by atoms with Crippen molar-refractivity contribution in [3.8, 4) is 0 Å². The number of aryl methyl sites for hydroxylation is 1. The molecule has 0 saturated carbocycles. The van der Waals surface area contributed by atoms with Crippen LogP contribution in [0.1, 0.15) is 29.2 Å². The topological polar surface area (TPSA) is 24.9 Å². The van der Waals surface area contributed by atoms with E-state index in [1.165, 1.54) is 0 Å². The van der Waals surface area contributed by atoms with Crippen LogP contribution in [0.25, 0.3) is 0 Å². The number of hydrogen-bond donors (Lipinski definition) is 1. The van der Waals surface area contributed by atoms with E-state index in [0.717, 1.165) is 29.2 Å². The number of halogens is 2. The van der Waals surface area contributed by atoms with Crippen molar-refractivity contribution in [1.82, 2.24) is 10.3 Å². The van der Waals surface area contributed by atoms with Crippen molar-refractivity contribution in [2.75, 3.05) is 6.54 Å². The summed E-state index contributed by atoms with van der Waals surface area (Å²) in [6.07, 6.45) is 0.785. The number of aromatic nitrogens is 1. The molecule has 0 fully saturated rings. The van der Waals surface area contributed by atoms with E-state index in [0.29, 0.717) is 4.47 Å². The average Bonchev–Trinajstić information content (AvgIpc) is 2.78. The van der Waals surface area contributed by atoms with Crippen molar-refractivity contribution in [3.05, 3.63) is 50.1 Å². The van der Waals surface area contributed by atoms with Crippen LogP contribution in [0.3, 0.4) is 0 Å². The minimum atomic E-state index is -0.226. The largest absolute Gasteiger partial charge is 0.310 e. The molecule has 1 unspecified atom stereocenters. The van der Waals surface area contributed by atoms with Gasteiger partial charge in [0.05, 0.1) is 9.48 Å². The minimum absolute atomic E-state index is 0.0955. The molecule has 0 saturated heterocycles. The highest BCUT2D eigenvalue weighted by atomic mass is 79.9. The fourth-order valence-corrected chi connectivity index (χ4v) is 3.02. The van der Waals surface area contributed by atoms with Crippen molar-refractivity contribution in [1.29, 1.82) is 0 Å². The standard InChI is InChI=1S/C14H16BrFN2S/c1-3-17-13(7-14-18-9(2)8-19-14)10-4-5-11(15)12(16)6-10/h4-6,8,13,17H,3,7H2,1-2H3. The van der Waals surface area contributed by atoms with E-state index >= 15 is 0 Å². The van der Waals surface area contributed by atoms with Crippen LogP contribution in [0.5, 0.6) is 0 Å². The molecule has 5 heteroatoms. The van der Waals surface area contributed by atoms with E-state index in [2.05, 4.69) is 33.2 Å². The number of hydrogen-bond acceptors (Lipinski definition) is 3. The first-order valence-electron chi connectivity index (χ1n) is 6.19. The lowest BCUT2D eigenvalue weighted by Gasteiger charge is -2.17. The van der Waals surface area contributed by atoms with E-state index in [9.17, 15) is 4.39 Å². The summed E-state index contributed by atoms with van der Waals surface area (Å²) in [5.74, 6) is -0.226. The Morgan fingerprint density at radius 2 is 2.26 bits per heavy atom. The van der Waals surface area contributed by atoms with E-state index in [4.69, 9.17) is 0 Å². The summed E-state index contributed by atoms with van der Waals surface area (Å²) < 4.78 is 14.1. The fraction of sp³-hybridized carbons (Fsp3) is 0.357. The van der Waals surface area contributed by atoms with Crippen molar-refractivity contribution in [2.45, 2.75) is 26.3 Å². The lowest BCUT2D eigenvalue weighted by molar-refractivity contribution is 0.540. The third kappa shape index (κ3) is 3.84. The van der Waals surface area contributed by atoms with Crippen LogP contribution in [0.15, 0.2) is 28.1 Å². The van der Waals surface area contributed by atoms with E-state index in [1.807, 2.05) is 18.4 Å².